The number of allylic oxidation sites excluding steroid dienone is 2. The van der Waals surface area contributed by atoms with Gasteiger partial charge in [-0.05, 0) is 36.3 Å². The number of halogens is 8. The van der Waals surface area contributed by atoms with Crippen molar-refractivity contribution in [1.82, 2.24) is 0 Å². The summed E-state index contributed by atoms with van der Waals surface area (Å²) in [7, 11) is 0. The molecule has 3 nitrogen and oxygen atoms in total. The second-order valence-electron chi connectivity index (χ2n) is 9.53. The maximum Gasteiger partial charge on any atom is 0.389 e. The number of benzene rings is 2. The van der Waals surface area contributed by atoms with E-state index >= 15 is 0 Å². The zero-order chi connectivity index (χ0) is 28.3. The van der Waals surface area contributed by atoms with Gasteiger partial charge in [-0.25, -0.2) is 26.3 Å². The fourth-order valence-corrected chi connectivity index (χ4v) is 4.52. The Morgan fingerprint density at radius 3 is 2.15 bits per heavy atom. The Morgan fingerprint density at radius 1 is 0.897 bits per heavy atom. The number of hydrogen-bond acceptors (Lipinski definition) is 3. The molecule has 2 aromatic carbocycles. The Bertz CT molecular complexity index is 1230. The third-order valence-electron chi connectivity index (χ3n) is 6.55. The molecule has 1 saturated heterocycles. The van der Waals surface area contributed by atoms with E-state index in [0.29, 0.717) is 30.9 Å². The summed E-state index contributed by atoms with van der Waals surface area (Å²) in [6, 6.07) is 4.70. The molecule has 4 rings (SSSR count). The van der Waals surface area contributed by atoms with Gasteiger partial charge in [0.05, 0.1) is 19.3 Å². The summed E-state index contributed by atoms with van der Waals surface area (Å²) in [5.41, 5.74) is -2.16. The topological polar surface area (TPSA) is 27.7 Å². The molecule has 1 aliphatic heterocycles. The van der Waals surface area contributed by atoms with Crippen LogP contribution in [-0.2, 0) is 20.3 Å². The molecule has 1 atom stereocenters. The highest BCUT2D eigenvalue weighted by atomic mass is 19.3. The van der Waals surface area contributed by atoms with E-state index in [1.165, 1.54) is 12.1 Å². The number of alkyl halides is 2. The van der Waals surface area contributed by atoms with Gasteiger partial charge in [0.15, 0.2) is 17.9 Å². The van der Waals surface area contributed by atoms with Crippen molar-refractivity contribution in [3.8, 4) is 11.1 Å². The van der Waals surface area contributed by atoms with Crippen LogP contribution < -0.4 is 0 Å². The lowest BCUT2D eigenvalue weighted by molar-refractivity contribution is -0.267. The molecule has 39 heavy (non-hydrogen) atoms. The van der Waals surface area contributed by atoms with E-state index in [1.807, 2.05) is 0 Å². The summed E-state index contributed by atoms with van der Waals surface area (Å²) in [4.78, 5) is 0. The summed E-state index contributed by atoms with van der Waals surface area (Å²) in [6.07, 6.45) is -4.19. The SMILES string of the molecule is CCCCCC1COC(c2ccc(-c3cc(F)c(C(F)(F)OC4C=C(F)C(F)=C(F)C4)c(F)c3)c(F)c2)OC1. The van der Waals surface area contributed by atoms with E-state index in [9.17, 15) is 35.1 Å². The Balaban J connectivity index is 1.48. The largest absolute Gasteiger partial charge is 0.389 e. The van der Waals surface area contributed by atoms with Crippen molar-refractivity contribution in [1.29, 1.82) is 0 Å². The van der Waals surface area contributed by atoms with Crippen LogP contribution in [0.25, 0.3) is 11.1 Å². The fourth-order valence-electron chi connectivity index (χ4n) is 4.52. The van der Waals surface area contributed by atoms with Crippen LogP contribution in [0.3, 0.4) is 0 Å². The highest BCUT2D eigenvalue weighted by Crippen LogP contribution is 2.40. The minimum Gasteiger partial charge on any atom is -0.348 e. The van der Waals surface area contributed by atoms with Crippen molar-refractivity contribution in [2.24, 2.45) is 5.92 Å². The number of unbranched alkanes of at least 4 members (excludes halogenated alkanes) is 2. The fraction of sp³-hybridized carbons (Fsp3) is 0.429. The molecule has 0 saturated carbocycles. The molecule has 0 aromatic heterocycles. The smallest absolute Gasteiger partial charge is 0.348 e. The molecule has 1 heterocycles. The van der Waals surface area contributed by atoms with Gasteiger partial charge in [-0.1, -0.05) is 38.3 Å². The predicted molar refractivity (Wildman–Crippen MR) is 126 cm³/mol. The van der Waals surface area contributed by atoms with Crippen molar-refractivity contribution in [2.45, 2.75) is 57.5 Å². The molecule has 0 amide bonds. The second-order valence-corrected chi connectivity index (χ2v) is 9.53. The van der Waals surface area contributed by atoms with Gasteiger partial charge in [0, 0.05) is 23.5 Å². The highest BCUT2D eigenvalue weighted by Gasteiger charge is 2.43. The van der Waals surface area contributed by atoms with Crippen LogP contribution in [0.5, 0.6) is 0 Å². The Labute approximate surface area is 220 Å². The lowest BCUT2D eigenvalue weighted by atomic mass is 9.99. The summed E-state index contributed by atoms with van der Waals surface area (Å²) in [5, 5.41) is 0. The van der Waals surface area contributed by atoms with E-state index in [-0.39, 0.29) is 23.1 Å². The Hall–Kier alpha value is -2.76. The van der Waals surface area contributed by atoms with Gasteiger partial charge in [-0.3, -0.25) is 0 Å². The van der Waals surface area contributed by atoms with E-state index in [4.69, 9.17) is 9.47 Å². The van der Waals surface area contributed by atoms with Crippen molar-refractivity contribution < 1.29 is 49.3 Å². The van der Waals surface area contributed by atoms with E-state index in [0.717, 1.165) is 31.7 Å². The maximum absolute atomic E-state index is 14.9. The average Bonchev–Trinajstić information content (AvgIpc) is 2.87. The van der Waals surface area contributed by atoms with Crippen molar-refractivity contribution >= 4 is 0 Å². The van der Waals surface area contributed by atoms with Gasteiger partial charge in [0.1, 0.15) is 28.8 Å². The lowest BCUT2D eigenvalue weighted by Gasteiger charge is -2.29. The third-order valence-corrected chi connectivity index (χ3v) is 6.55. The number of ether oxygens (including phenoxy) is 3. The molecule has 1 fully saturated rings. The van der Waals surface area contributed by atoms with Gasteiger partial charge in [0.25, 0.3) is 0 Å². The molecule has 212 valence electrons. The third kappa shape index (κ3) is 6.70. The van der Waals surface area contributed by atoms with Crippen LogP contribution in [0.1, 0.15) is 56.4 Å². The molecule has 0 spiro atoms. The minimum atomic E-state index is -4.69. The first-order valence-corrected chi connectivity index (χ1v) is 12.5. The van der Waals surface area contributed by atoms with Gasteiger partial charge in [-0.15, -0.1) is 0 Å². The number of hydrogen-bond donors (Lipinski definition) is 0. The van der Waals surface area contributed by atoms with Gasteiger partial charge in [0.2, 0.25) is 0 Å². The summed E-state index contributed by atoms with van der Waals surface area (Å²) in [6.45, 7) is 2.98. The molecule has 0 bridgehead atoms. The quantitative estimate of drug-likeness (QED) is 0.226. The first-order chi connectivity index (χ1) is 18.5. The lowest BCUT2D eigenvalue weighted by Crippen LogP contribution is -2.28. The molecule has 0 N–H and O–H groups in total. The molecular weight excluding hydrogens is 536 g/mol. The zero-order valence-corrected chi connectivity index (χ0v) is 20.9. The van der Waals surface area contributed by atoms with Crippen LogP contribution in [0.2, 0.25) is 0 Å². The molecule has 1 aliphatic carbocycles. The summed E-state index contributed by atoms with van der Waals surface area (Å²) >= 11 is 0. The van der Waals surface area contributed by atoms with Gasteiger partial charge in [-0.2, -0.15) is 8.78 Å². The minimum absolute atomic E-state index is 0.230. The van der Waals surface area contributed by atoms with Crippen molar-refractivity contribution in [3.63, 3.8) is 0 Å². The molecule has 2 aromatic rings. The van der Waals surface area contributed by atoms with Crippen LogP contribution in [-0.4, -0.2) is 19.3 Å². The van der Waals surface area contributed by atoms with Crippen LogP contribution in [0.15, 0.2) is 53.9 Å². The molecule has 0 radical (unpaired) electrons. The molecule has 1 unspecified atom stereocenters. The van der Waals surface area contributed by atoms with E-state index < -0.39 is 65.4 Å². The van der Waals surface area contributed by atoms with E-state index in [2.05, 4.69) is 11.7 Å². The van der Waals surface area contributed by atoms with Crippen LogP contribution >= 0.6 is 0 Å². The van der Waals surface area contributed by atoms with E-state index in [1.54, 1.807) is 0 Å². The molecular formula is C28H26F8O3. The maximum atomic E-state index is 14.9. The number of rotatable bonds is 9. The monoisotopic (exact) mass is 562 g/mol. The van der Waals surface area contributed by atoms with Crippen molar-refractivity contribution in [3.05, 3.63) is 82.5 Å². The Morgan fingerprint density at radius 2 is 1.56 bits per heavy atom. The zero-order valence-electron chi connectivity index (χ0n) is 20.9. The summed E-state index contributed by atoms with van der Waals surface area (Å²) in [5.74, 6) is -9.55. The van der Waals surface area contributed by atoms with Crippen LogP contribution in [0, 0.1) is 23.4 Å². The molecule has 2 aliphatic rings. The van der Waals surface area contributed by atoms with Crippen molar-refractivity contribution in [2.75, 3.05) is 13.2 Å². The first kappa shape index (κ1) is 29.2. The van der Waals surface area contributed by atoms with Gasteiger partial charge >= 0.3 is 6.11 Å². The normalized spacial score (nSPS) is 22.3. The first-order valence-electron chi connectivity index (χ1n) is 12.5. The van der Waals surface area contributed by atoms with Gasteiger partial charge < -0.3 is 14.2 Å². The Kier molecular flexibility index (Phi) is 9.13. The van der Waals surface area contributed by atoms with Crippen LogP contribution in [0.4, 0.5) is 35.1 Å². The highest BCUT2D eigenvalue weighted by molar-refractivity contribution is 5.65. The second kappa shape index (κ2) is 12.2. The predicted octanol–water partition coefficient (Wildman–Crippen LogP) is 8.86. The standard InChI is InChI=1S/C28H26F8O3/c1-2-3-4-5-15-13-37-27(38-14-15)16-6-7-19(20(29)8-16)17-9-21(30)25(22(31)10-17)28(35,36)39-18-11-23(32)26(34)24(33)12-18/h6-11,15,18,27H,2-5,12-14H2,1H3. The summed E-state index contributed by atoms with van der Waals surface area (Å²) < 4.78 is 129. The average molecular weight is 562 g/mol. The molecule has 11 heteroatoms.